The van der Waals surface area contributed by atoms with E-state index in [1.165, 1.54) is 22.5 Å². The second-order valence-corrected chi connectivity index (χ2v) is 6.02. The third-order valence-corrected chi connectivity index (χ3v) is 4.32. The van der Waals surface area contributed by atoms with Gasteiger partial charge in [-0.2, -0.15) is 5.10 Å². The molecule has 0 unspecified atom stereocenters. The third-order valence-electron chi connectivity index (χ3n) is 4.32. The summed E-state index contributed by atoms with van der Waals surface area (Å²) in [4.78, 5) is 39.6. The number of aryl methyl sites for hydroxylation is 1. The summed E-state index contributed by atoms with van der Waals surface area (Å²) in [7, 11) is 2.96. The summed E-state index contributed by atoms with van der Waals surface area (Å²) in [5, 5.41) is 10.5. The zero-order chi connectivity index (χ0) is 18.4. The minimum atomic E-state index is -0.462. The molecule has 0 saturated heterocycles. The maximum Gasteiger partial charge on any atom is 0.333 e. The van der Waals surface area contributed by atoms with Gasteiger partial charge in [0.05, 0.1) is 11.7 Å². The number of carbonyl (C=O) groups excluding carboxylic acids is 1. The fourth-order valence-corrected chi connectivity index (χ4v) is 2.95. The summed E-state index contributed by atoms with van der Waals surface area (Å²) in [5.41, 5.74) is 1.15. The Hall–Kier alpha value is -3.69. The van der Waals surface area contributed by atoms with Gasteiger partial charge in [0.15, 0.2) is 6.54 Å². The van der Waals surface area contributed by atoms with E-state index in [9.17, 15) is 14.4 Å². The van der Waals surface area contributed by atoms with Crippen molar-refractivity contribution >= 4 is 33.7 Å². The number of anilines is 1. The Morgan fingerprint density at radius 1 is 1.27 bits per heavy atom. The number of aromatic amines is 2. The molecule has 132 valence electrons. The molecule has 0 atom stereocenters. The Balaban J connectivity index is 1.65. The molecule has 0 aliphatic rings. The minimum absolute atomic E-state index is 0.0749. The average molecular weight is 354 g/mol. The van der Waals surface area contributed by atoms with Gasteiger partial charge in [-0.05, 0) is 18.2 Å². The normalized spacial score (nSPS) is 11.3. The van der Waals surface area contributed by atoms with Gasteiger partial charge in [0.1, 0.15) is 0 Å². The standard InChI is InChI=1S/C16H15N7O3/c1-21-14-13(15(25)22(2)16(21)26)23(8-17-14)7-12(24)19-10-4-3-9-6-18-20-11(9)5-10/h3-6,8H,7H2,1-2H3,(H2,18,19,20,24)/p+1. The lowest BCUT2D eigenvalue weighted by molar-refractivity contribution is -0.658. The quantitative estimate of drug-likeness (QED) is 0.424. The maximum absolute atomic E-state index is 12.4. The molecule has 4 rings (SSSR count). The fraction of sp³-hybridized carbons (Fsp3) is 0.188. The lowest BCUT2D eigenvalue weighted by Gasteiger charge is -2.04. The van der Waals surface area contributed by atoms with Crippen molar-refractivity contribution in [3.8, 4) is 0 Å². The van der Waals surface area contributed by atoms with Crippen molar-refractivity contribution in [2.24, 2.45) is 14.1 Å². The zero-order valence-corrected chi connectivity index (χ0v) is 14.1. The van der Waals surface area contributed by atoms with Crippen molar-refractivity contribution in [3.63, 3.8) is 0 Å². The number of benzene rings is 1. The summed E-state index contributed by atoms with van der Waals surface area (Å²) in [5.74, 6) is -0.300. The lowest BCUT2D eigenvalue weighted by Crippen LogP contribution is -2.46. The van der Waals surface area contributed by atoms with Gasteiger partial charge in [0.25, 0.3) is 17.1 Å². The Morgan fingerprint density at radius 2 is 2.08 bits per heavy atom. The largest absolute Gasteiger partial charge is 0.333 e. The Bertz CT molecular complexity index is 1270. The van der Waals surface area contributed by atoms with Gasteiger partial charge in [-0.25, -0.2) is 14.3 Å². The predicted octanol–water partition coefficient (Wildman–Crippen LogP) is -0.632. The van der Waals surface area contributed by atoms with Crippen LogP contribution < -0.4 is 21.1 Å². The number of carbonyl (C=O) groups is 1. The number of nitrogens with zero attached hydrogens (tertiary/aromatic N) is 4. The number of amides is 1. The molecular weight excluding hydrogens is 338 g/mol. The van der Waals surface area contributed by atoms with E-state index < -0.39 is 11.2 Å². The first-order valence-electron chi connectivity index (χ1n) is 7.85. The highest BCUT2D eigenvalue weighted by Crippen LogP contribution is 2.16. The molecule has 10 heteroatoms. The highest BCUT2D eigenvalue weighted by Gasteiger charge is 2.21. The van der Waals surface area contributed by atoms with Crippen molar-refractivity contribution in [2.45, 2.75) is 6.54 Å². The number of fused-ring (bicyclic) bond motifs is 2. The van der Waals surface area contributed by atoms with Crippen molar-refractivity contribution in [3.05, 3.63) is 51.6 Å². The Morgan fingerprint density at radius 3 is 2.88 bits per heavy atom. The summed E-state index contributed by atoms with van der Waals surface area (Å²) >= 11 is 0. The number of hydrogen-bond acceptors (Lipinski definition) is 4. The van der Waals surface area contributed by atoms with Crippen LogP contribution in [0.5, 0.6) is 0 Å². The molecule has 0 saturated carbocycles. The van der Waals surface area contributed by atoms with Gasteiger partial charge in [-0.3, -0.25) is 23.8 Å². The van der Waals surface area contributed by atoms with Crippen LogP contribution in [-0.4, -0.2) is 30.2 Å². The van der Waals surface area contributed by atoms with E-state index in [0.29, 0.717) is 11.3 Å². The summed E-state index contributed by atoms with van der Waals surface area (Å²) in [6, 6.07) is 5.40. The van der Waals surface area contributed by atoms with E-state index >= 15 is 0 Å². The number of nitrogens with one attached hydrogen (secondary N) is 3. The second kappa shape index (κ2) is 5.69. The predicted molar refractivity (Wildman–Crippen MR) is 93.7 cm³/mol. The van der Waals surface area contributed by atoms with Gasteiger partial charge >= 0.3 is 11.2 Å². The highest BCUT2D eigenvalue weighted by molar-refractivity contribution is 5.92. The average Bonchev–Trinajstić information content (AvgIpc) is 3.24. The number of H-pyrrole nitrogens is 2. The molecule has 26 heavy (non-hydrogen) atoms. The molecule has 0 bridgehead atoms. The molecule has 4 aromatic rings. The summed E-state index contributed by atoms with van der Waals surface area (Å²) in [6.07, 6.45) is 3.20. The molecule has 10 nitrogen and oxygen atoms in total. The summed E-state index contributed by atoms with van der Waals surface area (Å²) in [6.45, 7) is -0.0749. The van der Waals surface area contributed by atoms with Crippen LogP contribution in [-0.2, 0) is 25.4 Å². The zero-order valence-electron chi connectivity index (χ0n) is 14.1. The SMILES string of the molecule is Cn1c(=O)c2c([nH]c[n+]2CC(=O)Nc2ccc3cn[nH]c3c2)n(C)c1=O. The molecular formula is C16H16N7O3+. The first-order chi connectivity index (χ1) is 12.5. The van der Waals surface area contributed by atoms with Crippen LogP contribution >= 0.6 is 0 Å². The van der Waals surface area contributed by atoms with E-state index in [1.54, 1.807) is 25.4 Å². The molecule has 0 aliphatic heterocycles. The molecule has 3 aromatic heterocycles. The monoisotopic (exact) mass is 354 g/mol. The van der Waals surface area contributed by atoms with Crippen molar-refractivity contribution in [2.75, 3.05) is 5.32 Å². The van der Waals surface area contributed by atoms with Gasteiger partial charge in [0, 0.05) is 25.2 Å². The number of hydrogen-bond donors (Lipinski definition) is 3. The van der Waals surface area contributed by atoms with Crippen LogP contribution in [0.25, 0.3) is 22.1 Å². The van der Waals surface area contributed by atoms with Gasteiger partial charge in [-0.15, -0.1) is 0 Å². The topological polar surface area (TPSA) is 121 Å². The van der Waals surface area contributed by atoms with Crippen molar-refractivity contribution in [1.29, 1.82) is 0 Å². The molecule has 0 radical (unpaired) electrons. The van der Waals surface area contributed by atoms with E-state index in [0.717, 1.165) is 15.5 Å². The lowest BCUT2D eigenvalue weighted by atomic mass is 10.2. The van der Waals surface area contributed by atoms with Crippen LogP contribution in [0.4, 0.5) is 5.69 Å². The van der Waals surface area contributed by atoms with Gasteiger partial charge in [0.2, 0.25) is 6.33 Å². The molecule has 1 aromatic carbocycles. The van der Waals surface area contributed by atoms with Crippen LogP contribution in [0.1, 0.15) is 0 Å². The summed E-state index contributed by atoms with van der Waals surface area (Å²) < 4.78 is 3.83. The number of rotatable bonds is 3. The Kier molecular flexibility index (Phi) is 3.46. The second-order valence-electron chi connectivity index (χ2n) is 6.02. The van der Waals surface area contributed by atoms with Crippen LogP contribution in [0, 0.1) is 0 Å². The smallest absolute Gasteiger partial charge is 0.323 e. The van der Waals surface area contributed by atoms with Crippen LogP contribution in [0.3, 0.4) is 0 Å². The minimum Gasteiger partial charge on any atom is -0.323 e. The molecule has 0 spiro atoms. The van der Waals surface area contributed by atoms with E-state index in [4.69, 9.17) is 0 Å². The number of imidazole rings is 1. The fourth-order valence-electron chi connectivity index (χ4n) is 2.95. The Labute approximate surface area is 145 Å². The van der Waals surface area contributed by atoms with Crippen molar-refractivity contribution < 1.29 is 9.36 Å². The van der Waals surface area contributed by atoms with Gasteiger partial charge < -0.3 is 5.32 Å². The molecule has 3 N–H and O–H groups in total. The third kappa shape index (κ3) is 2.39. The van der Waals surface area contributed by atoms with E-state index in [-0.39, 0.29) is 18.0 Å². The van der Waals surface area contributed by atoms with E-state index in [1.807, 2.05) is 6.07 Å². The molecule has 3 heterocycles. The van der Waals surface area contributed by atoms with Crippen LogP contribution in [0.2, 0.25) is 0 Å². The maximum atomic E-state index is 12.4. The number of aromatic nitrogens is 6. The highest BCUT2D eigenvalue weighted by atomic mass is 16.2. The van der Waals surface area contributed by atoms with Gasteiger partial charge in [-0.1, -0.05) is 0 Å². The van der Waals surface area contributed by atoms with Crippen LogP contribution in [0.15, 0.2) is 40.3 Å². The molecule has 1 amide bonds. The molecule has 0 aliphatic carbocycles. The first kappa shape index (κ1) is 15.8. The first-order valence-corrected chi connectivity index (χ1v) is 7.85. The van der Waals surface area contributed by atoms with Crippen molar-refractivity contribution in [1.82, 2.24) is 24.3 Å². The van der Waals surface area contributed by atoms with E-state index in [2.05, 4.69) is 20.5 Å². The molecule has 0 fully saturated rings.